The minimum atomic E-state index is -4.52. The molecule has 2 fully saturated rings. The van der Waals surface area contributed by atoms with E-state index in [1.165, 1.54) is 11.3 Å². The van der Waals surface area contributed by atoms with Crippen molar-refractivity contribution < 1.29 is 28.5 Å². The summed E-state index contributed by atoms with van der Waals surface area (Å²) in [6.45, 7) is 2.27. The molecule has 0 bridgehead atoms. The zero-order chi connectivity index (χ0) is 25.8. The van der Waals surface area contributed by atoms with Gasteiger partial charge in [-0.15, -0.1) is 11.3 Å². The fraction of sp³-hybridized carbons (Fsp3) is 0.565. The predicted molar refractivity (Wildman–Crippen MR) is 129 cm³/mol. The van der Waals surface area contributed by atoms with Gasteiger partial charge in [-0.05, 0) is 45.6 Å². The Labute approximate surface area is 208 Å². The number of aliphatic hydroxyl groups is 3. The first-order chi connectivity index (χ1) is 17.0. The molecular formula is C23H27F3N6O3S. The van der Waals surface area contributed by atoms with Crippen molar-refractivity contribution in [2.45, 2.75) is 69.5 Å². The van der Waals surface area contributed by atoms with E-state index in [0.717, 1.165) is 35.7 Å². The lowest BCUT2D eigenvalue weighted by Gasteiger charge is -2.31. The second-order valence-electron chi connectivity index (χ2n) is 9.58. The number of aryl methyl sites for hydroxylation is 1. The van der Waals surface area contributed by atoms with E-state index in [4.69, 9.17) is 4.98 Å². The van der Waals surface area contributed by atoms with E-state index in [9.17, 15) is 28.5 Å². The van der Waals surface area contributed by atoms with E-state index >= 15 is 0 Å². The number of hydrogen-bond donors (Lipinski definition) is 5. The van der Waals surface area contributed by atoms with Gasteiger partial charge in [-0.1, -0.05) is 0 Å². The average molecular weight is 525 g/mol. The number of thiazole rings is 1. The Morgan fingerprint density at radius 2 is 1.97 bits per heavy atom. The molecule has 3 heterocycles. The van der Waals surface area contributed by atoms with Gasteiger partial charge in [0.05, 0.1) is 21.7 Å². The maximum Gasteiger partial charge on any atom is 0.408 e. The van der Waals surface area contributed by atoms with Gasteiger partial charge in [-0.3, -0.25) is 4.98 Å². The van der Waals surface area contributed by atoms with Crippen molar-refractivity contribution in [3.8, 4) is 10.6 Å². The minimum Gasteiger partial charge on any atom is -0.396 e. The molecule has 3 aromatic rings. The first-order valence-corrected chi connectivity index (χ1v) is 12.6. The quantitative estimate of drug-likeness (QED) is 0.294. The van der Waals surface area contributed by atoms with Gasteiger partial charge >= 0.3 is 6.18 Å². The maximum absolute atomic E-state index is 13.2. The van der Waals surface area contributed by atoms with E-state index in [0.29, 0.717) is 28.6 Å². The molecule has 2 aliphatic carbocycles. The maximum atomic E-state index is 13.2. The highest BCUT2D eigenvalue weighted by atomic mass is 32.1. The highest BCUT2D eigenvalue weighted by Crippen LogP contribution is 2.45. The number of nitrogens with zero attached hydrogens (tertiary/aromatic N) is 4. The summed E-state index contributed by atoms with van der Waals surface area (Å²) < 4.78 is 40.5. The molecule has 5 N–H and O–H groups in total. The topological polar surface area (TPSA) is 136 Å². The third-order valence-corrected chi connectivity index (χ3v) is 7.88. The van der Waals surface area contributed by atoms with E-state index in [-0.39, 0.29) is 24.8 Å². The van der Waals surface area contributed by atoms with Gasteiger partial charge in [-0.25, -0.2) is 9.97 Å². The Morgan fingerprint density at radius 3 is 2.61 bits per heavy atom. The summed E-state index contributed by atoms with van der Waals surface area (Å²) in [6, 6.07) is -0.0589. The molecular weight excluding hydrogens is 497 g/mol. The smallest absolute Gasteiger partial charge is 0.396 e. The summed E-state index contributed by atoms with van der Waals surface area (Å²) in [5.41, 5.74) is 0.595. The molecule has 5 rings (SSSR count). The van der Waals surface area contributed by atoms with Gasteiger partial charge in [-0.2, -0.15) is 18.2 Å². The number of aromatic nitrogens is 4. The van der Waals surface area contributed by atoms with Gasteiger partial charge in [0.15, 0.2) is 5.72 Å². The number of hydrogen-bond acceptors (Lipinski definition) is 10. The molecule has 2 aliphatic rings. The standard InChI is InChI=1S/C23H27F3N6O3S/c1-10-15(20-30-17-14(36-20)6-8-27-16(17)12-3-4-12)19(31-21(28-10)29-11(2)23(24,25)26)32-22(35)7-5-13(9-33)18(22)34/h6,8,11-13,18,33-35H,3-5,7,9H2,1-2H3,(H2,28,29,31,32). The van der Waals surface area contributed by atoms with Crippen LogP contribution in [0.1, 0.15) is 49.9 Å². The van der Waals surface area contributed by atoms with Crippen molar-refractivity contribution in [2.24, 2.45) is 5.92 Å². The van der Waals surface area contributed by atoms with Crippen LogP contribution in [0.15, 0.2) is 12.3 Å². The summed E-state index contributed by atoms with van der Waals surface area (Å²) >= 11 is 1.37. The van der Waals surface area contributed by atoms with E-state index in [1.807, 2.05) is 6.07 Å². The molecule has 4 atom stereocenters. The molecule has 4 unspecified atom stereocenters. The molecule has 0 radical (unpaired) electrons. The second-order valence-corrected chi connectivity index (χ2v) is 10.6. The fourth-order valence-corrected chi connectivity index (χ4v) is 5.60. The van der Waals surface area contributed by atoms with Crippen LogP contribution in [0.5, 0.6) is 0 Å². The van der Waals surface area contributed by atoms with Crippen molar-refractivity contribution in [1.29, 1.82) is 0 Å². The number of anilines is 2. The normalized spacial score (nSPS) is 25.3. The van der Waals surface area contributed by atoms with Gasteiger partial charge in [0, 0.05) is 24.6 Å². The average Bonchev–Trinajstić information content (AvgIpc) is 3.49. The highest BCUT2D eigenvalue weighted by Gasteiger charge is 2.47. The predicted octanol–water partition coefficient (Wildman–Crippen LogP) is 3.56. The van der Waals surface area contributed by atoms with Gasteiger partial charge in [0.2, 0.25) is 5.95 Å². The van der Waals surface area contributed by atoms with Crippen molar-refractivity contribution in [1.82, 2.24) is 19.9 Å². The van der Waals surface area contributed by atoms with Crippen LogP contribution in [0.2, 0.25) is 0 Å². The van der Waals surface area contributed by atoms with Crippen LogP contribution in [0.25, 0.3) is 20.8 Å². The summed E-state index contributed by atoms with van der Waals surface area (Å²) in [4.78, 5) is 17.8. The zero-order valence-corrected chi connectivity index (χ0v) is 20.5. The number of halogens is 3. The molecule has 36 heavy (non-hydrogen) atoms. The molecule has 194 valence electrons. The van der Waals surface area contributed by atoms with Crippen LogP contribution in [0, 0.1) is 12.8 Å². The number of rotatable bonds is 7. The van der Waals surface area contributed by atoms with Crippen LogP contribution < -0.4 is 10.6 Å². The minimum absolute atomic E-state index is 0.0412. The number of fused-ring (bicyclic) bond motifs is 1. The Kier molecular flexibility index (Phi) is 6.30. The van der Waals surface area contributed by atoms with Crippen LogP contribution in [-0.4, -0.2) is 65.9 Å². The Balaban J connectivity index is 1.60. The summed E-state index contributed by atoms with van der Waals surface area (Å²) in [5.74, 6) is -0.426. The number of pyridine rings is 1. The summed E-state index contributed by atoms with van der Waals surface area (Å²) in [7, 11) is 0. The fourth-order valence-electron chi connectivity index (χ4n) is 4.53. The lowest BCUT2D eigenvalue weighted by atomic mass is 10.0. The van der Waals surface area contributed by atoms with Crippen molar-refractivity contribution >= 4 is 33.3 Å². The van der Waals surface area contributed by atoms with Crippen molar-refractivity contribution in [2.75, 3.05) is 17.2 Å². The first-order valence-electron chi connectivity index (χ1n) is 11.8. The molecule has 0 aliphatic heterocycles. The Morgan fingerprint density at radius 1 is 1.22 bits per heavy atom. The SMILES string of the molecule is Cc1nc(NC(C)C(F)(F)F)nc(NC2(O)CCC(CO)C2O)c1-c1nc2c(C3CC3)nccc2s1. The summed E-state index contributed by atoms with van der Waals surface area (Å²) in [5, 5.41) is 37.0. The monoisotopic (exact) mass is 524 g/mol. The molecule has 0 saturated heterocycles. The molecule has 0 amide bonds. The molecule has 9 nitrogen and oxygen atoms in total. The van der Waals surface area contributed by atoms with Crippen LogP contribution in [0.3, 0.4) is 0 Å². The van der Waals surface area contributed by atoms with Crippen LogP contribution >= 0.6 is 11.3 Å². The van der Waals surface area contributed by atoms with E-state index < -0.39 is 30.0 Å². The highest BCUT2D eigenvalue weighted by molar-refractivity contribution is 7.21. The first kappa shape index (κ1) is 25.1. The molecule has 3 aromatic heterocycles. The van der Waals surface area contributed by atoms with Crippen LogP contribution in [-0.2, 0) is 0 Å². The van der Waals surface area contributed by atoms with E-state index in [2.05, 4.69) is 25.6 Å². The van der Waals surface area contributed by atoms with E-state index in [1.54, 1.807) is 13.1 Å². The molecule has 0 spiro atoms. The van der Waals surface area contributed by atoms with Gasteiger partial charge < -0.3 is 26.0 Å². The van der Waals surface area contributed by atoms with Crippen LogP contribution in [0.4, 0.5) is 24.9 Å². The Bertz CT molecular complexity index is 1280. The number of aliphatic hydroxyl groups excluding tert-OH is 2. The van der Waals surface area contributed by atoms with Gasteiger partial charge in [0.25, 0.3) is 0 Å². The lowest BCUT2D eigenvalue weighted by molar-refractivity contribution is -0.138. The third-order valence-electron chi connectivity index (χ3n) is 6.84. The molecule has 13 heteroatoms. The Hall–Kier alpha value is -2.61. The lowest BCUT2D eigenvalue weighted by Crippen LogP contribution is -2.48. The third kappa shape index (κ3) is 4.60. The van der Waals surface area contributed by atoms with Crippen molar-refractivity contribution in [3.63, 3.8) is 0 Å². The molecule has 0 aromatic carbocycles. The summed E-state index contributed by atoms with van der Waals surface area (Å²) in [6.07, 6.45) is -1.54. The zero-order valence-electron chi connectivity index (χ0n) is 19.7. The van der Waals surface area contributed by atoms with Gasteiger partial charge in [0.1, 0.15) is 28.5 Å². The number of nitrogens with one attached hydrogen (secondary N) is 2. The second kappa shape index (κ2) is 9.05. The van der Waals surface area contributed by atoms with Crippen molar-refractivity contribution in [3.05, 3.63) is 23.7 Å². The molecule has 2 saturated carbocycles. The largest absolute Gasteiger partial charge is 0.408 e. The number of alkyl halides is 3.